The Hall–Kier alpha value is -0.610. The second-order valence-corrected chi connectivity index (χ2v) is 6.13. The summed E-state index contributed by atoms with van der Waals surface area (Å²) in [6.45, 7) is 5.53. The normalized spacial score (nSPS) is 33.2. The summed E-state index contributed by atoms with van der Waals surface area (Å²) in [4.78, 5) is 13.7. The van der Waals surface area contributed by atoms with E-state index in [-0.39, 0.29) is 5.54 Å². The molecule has 0 bridgehead atoms. The number of hydrogen-bond acceptors (Lipinski definition) is 3. The molecule has 0 aromatic rings. The molecule has 0 unspecified atom stereocenters. The van der Waals surface area contributed by atoms with Gasteiger partial charge in [0.15, 0.2) is 0 Å². The summed E-state index contributed by atoms with van der Waals surface area (Å²) >= 11 is 0. The molecule has 19 heavy (non-hydrogen) atoms. The van der Waals surface area contributed by atoms with Gasteiger partial charge in [0.25, 0.3) is 0 Å². The minimum Gasteiger partial charge on any atom is -0.481 e. The third kappa shape index (κ3) is 3.69. The van der Waals surface area contributed by atoms with E-state index in [4.69, 9.17) is 4.74 Å². The Morgan fingerprint density at radius 2 is 1.95 bits per heavy atom. The Morgan fingerprint density at radius 3 is 2.47 bits per heavy atom. The lowest BCUT2D eigenvalue weighted by atomic mass is 9.72. The monoisotopic (exact) mass is 269 g/mol. The van der Waals surface area contributed by atoms with Gasteiger partial charge in [-0.2, -0.15) is 0 Å². The van der Waals surface area contributed by atoms with E-state index in [1.807, 2.05) is 0 Å². The number of aliphatic carboxylic acids is 1. The Kier molecular flexibility index (Phi) is 5.22. The van der Waals surface area contributed by atoms with Gasteiger partial charge in [0.05, 0.1) is 19.6 Å². The Morgan fingerprint density at radius 1 is 1.32 bits per heavy atom. The third-order valence-corrected chi connectivity index (χ3v) is 4.89. The van der Waals surface area contributed by atoms with Crippen LogP contribution >= 0.6 is 0 Å². The van der Waals surface area contributed by atoms with Gasteiger partial charge in [-0.25, -0.2) is 0 Å². The number of ether oxygens (including phenoxy) is 1. The molecule has 0 atom stereocenters. The summed E-state index contributed by atoms with van der Waals surface area (Å²) in [6, 6.07) is 0. The SMILES string of the molecule is CCCC1CCC(CC(=O)O)(N2CCOCC2)CC1. The fraction of sp³-hybridized carbons (Fsp3) is 0.933. The minimum absolute atomic E-state index is 0.0974. The summed E-state index contributed by atoms with van der Waals surface area (Å²) in [6.07, 6.45) is 7.32. The van der Waals surface area contributed by atoms with Crippen LogP contribution in [-0.4, -0.2) is 47.8 Å². The number of hydrogen-bond donors (Lipinski definition) is 1. The van der Waals surface area contributed by atoms with Gasteiger partial charge in [-0.1, -0.05) is 19.8 Å². The quantitative estimate of drug-likeness (QED) is 0.833. The molecule has 1 heterocycles. The molecule has 4 heteroatoms. The lowest BCUT2D eigenvalue weighted by Gasteiger charge is -2.48. The number of carboxylic acid groups (broad SMARTS) is 1. The zero-order valence-corrected chi connectivity index (χ0v) is 12.1. The first kappa shape index (κ1) is 14.8. The zero-order valence-electron chi connectivity index (χ0n) is 12.1. The van der Waals surface area contributed by atoms with Crippen molar-refractivity contribution in [3.8, 4) is 0 Å². The van der Waals surface area contributed by atoms with E-state index in [0.717, 1.165) is 45.1 Å². The average molecular weight is 269 g/mol. The van der Waals surface area contributed by atoms with E-state index in [1.165, 1.54) is 25.7 Å². The van der Waals surface area contributed by atoms with Crippen LogP contribution < -0.4 is 0 Å². The zero-order chi connectivity index (χ0) is 13.7. The van der Waals surface area contributed by atoms with Crippen LogP contribution in [0.3, 0.4) is 0 Å². The topological polar surface area (TPSA) is 49.8 Å². The Balaban J connectivity index is 2.01. The van der Waals surface area contributed by atoms with Crippen LogP contribution in [0.25, 0.3) is 0 Å². The lowest BCUT2D eigenvalue weighted by molar-refractivity contribution is -0.143. The molecule has 2 rings (SSSR count). The van der Waals surface area contributed by atoms with E-state index >= 15 is 0 Å². The number of carbonyl (C=O) groups is 1. The van der Waals surface area contributed by atoms with Gasteiger partial charge in [0.2, 0.25) is 0 Å². The molecule has 1 N–H and O–H groups in total. The van der Waals surface area contributed by atoms with E-state index in [2.05, 4.69) is 11.8 Å². The van der Waals surface area contributed by atoms with Gasteiger partial charge in [0.1, 0.15) is 0 Å². The summed E-state index contributed by atoms with van der Waals surface area (Å²) in [5.41, 5.74) is -0.0974. The maximum atomic E-state index is 11.3. The number of rotatable bonds is 5. The molecular formula is C15H27NO3. The molecule has 0 aromatic carbocycles. The Labute approximate surface area is 116 Å². The highest BCUT2D eigenvalue weighted by Crippen LogP contribution is 2.40. The molecule has 0 spiro atoms. The predicted octanol–water partition coefficient (Wildman–Crippen LogP) is 2.52. The summed E-state index contributed by atoms with van der Waals surface area (Å²) in [5.74, 6) is 0.161. The molecule has 0 amide bonds. The third-order valence-electron chi connectivity index (χ3n) is 4.89. The summed E-state index contributed by atoms with van der Waals surface area (Å²) in [5, 5.41) is 9.27. The van der Waals surface area contributed by atoms with Crippen LogP contribution in [-0.2, 0) is 9.53 Å². The molecule has 4 nitrogen and oxygen atoms in total. The summed E-state index contributed by atoms with van der Waals surface area (Å²) in [7, 11) is 0. The van der Waals surface area contributed by atoms with Gasteiger partial charge < -0.3 is 9.84 Å². The van der Waals surface area contributed by atoms with Crippen LogP contribution in [0.4, 0.5) is 0 Å². The van der Waals surface area contributed by atoms with E-state index in [1.54, 1.807) is 0 Å². The van der Waals surface area contributed by atoms with Crippen LogP contribution in [0.15, 0.2) is 0 Å². The van der Waals surface area contributed by atoms with Crippen LogP contribution in [0, 0.1) is 5.92 Å². The molecule has 1 saturated carbocycles. The highest BCUT2D eigenvalue weighted by molar-refractivity contribution is 5.68. The van der Waals surface area contributed by atoms with E-state index in [0.29, 0.717) is 6.42 Å². The molecule has 110 valence electrons. The van der Waals surface area contributed by atoms with Gasteiger partial charge in [-0.15, -0.1) is 0 Å². The highest BCUT2D eigenvalue weighted by atomic mass is 16.5. The highest BCUT2D eigenvalue weighted by Gasteiger charge is 2.42. The summed E-state index contributed by atoms with van der Waals surface area (Å²) < 4.78 is 5.41. The second-order valence-electron chi connectivity index (χ2n) is 6.13. The molecule has 2 aliphatic rings. The van der Waals surface area contributed by atoms with Gasteiger partial charge >= 0.3 is 5.97 Å². The second kappa shape index (κ2) is 6.71. The average Bonchev–Trinajstić information content (AvgIpc) is 2.42. The fourth-order valence-electron chi connectivity index (χ4n) is 3.84. The molecular weight excluding hydrogens is 242 g/mol. The van der Waals surface area contributed by atoms with Gasteiger partial charge in [-0.3, -0.25) is 9.69 Å². The lowest BCUT2D eigenvalue weighted by Crippen LogP contribution is -2.56. The Bertz CT molecular complexity index is 292. The molecule has 0 radical (unpaired) electrons. The molecule has 1 aliphatic heterocycles. The molecule has 1 saturated heterocycles. The van der Waals surface area contributed by atoms with Crippen molar-refractivity contribution >= 4 is 5.97 Å². The van der Waals surface area contributed by atoms with Gasteiger partial charge in [0, 0.05) is 18.6 Å². The van der Waals surface area contributed by atoms with E-state index in [9.17, 15) is 9.90 Å². The van der Waals surface area contributed by atoms with Crippen molar-refractivity contribution in [1.82, 2.24) is 4.90 Å². The van der Waals surface area contributed by atoms with Crippen molar-refractivity contribution in [2.24, 2.45) is 5.92 Å². The van der Waals surface area contributed by atoms with Crippen molar-refractivity contribution in [3.63, 3.8) is 0 Å². The number of carboxylic acids is 1. The van der Waals surface area contributed by atoms with Crippen molar-refractivity contribution in [1.29, 1.82) is 0 Å². The van der Waals surface area contributed by atoms with Crippen LogP contribution in [0.5, 0.6) is 0 Å². The predicted molar refractivity (Wildman–Crippen MR) is 74.2 cm³/mol. The first-order chi connectivity index (χ1) is 9.16. The number of nitrogens with zero attached hydrogens (tertiary/aromatic N) is 1. The smallest absolute Gasteiger partial charge is 0.305 e. The molecule has 0 aromatic heterocycles. The van der Waals surface area contributed by atoms with Crippen molar-refractivity contribution in [3.05, 3.63) is 0 Å². The largest absolute Gasteiger partial charge is 0.481 e. The van der Waals surface area contributed by atoms with Crippen LogP contribution in [0.1, 0.15) is 51.9 Å². The molecule has 2 fully saturated rings. The first-order valence-electron chi connectivity index (χ1n) is 7.71. The van der Waals surface area contributed by atoms with Gasteiger partial charge in [-0.05, 0) is 31.6 Å². The molecule has 1 aliphatic carbocycles. The van der Waals surface area contributed by atoms with Crippen LogP contribution in [0.2, 0.25) is 0 Å². The minimum atomic E-state index is -0.652. The fourth-order valence-corrected chi connectivity index (χ4v) is 3.84. The standard InChI is InChI=1S/C15H27NO3/c1-2-3-13-4-6-15(7-5-13,12-14(17)18)16-8-10-19-11-9-16/h13H,2-12H2,1H3,(H,17,18). The maximum Gasteiger partial charge on any atom is 0.305 e. The van der Waals surface area contributed by atoms with E-state index < -0.39 is 5.97 Å². The van der Waals surface area contributed by atoms with Crippen molar-refractivity contribution in [2.75, 3.05) is 26.3 Å². The van der Waals surface area contributed by atoms with Crippen molar-refractivity contribution in [2.45, 2.75) is 57.4 Å². The maximum absolute atomic E-state index is 11.3. The first-order valence-corrected chi connectivity index (χ1v) is 7.71. The van der Waals surface area contributed by atoms with Crippen molar-refractivity contribution < 1.29 is 14.6 Å². The number of morpholine rings is 1.